The number of ketones is 2. The summed E-state index contributed by atoms with van der Waals surface area (Å²) >= 11 is 1.32. The van der Waals surface area contributed by atoms with Crippen molar-refractivity contribution in [2.45, 2.75) is 24.5 Å². The van der Waals surface area contributed by atoms with E-state index in [2.05, 4.69) is 5.16 Å². The Morgan fingerprint density at radius 3 is 2.48 bits per heavy atom. The van der Waals surface area contributed by atoms with Crippen molar-refractivity contribution in [2.24, 2.45) is 22.7 Å². The minimum absolute atomic E-state index is 0.0221. The molecule has 222 valence electrons. The van der Waals surface area contributed by atoms with Crippen LogP contribution >= 0.6 is 11.3 Å². The van der Waals surface area contributed by atoms with Crippen LogP contribution in [0.2, 0.25) is 0 Å². The van der Waals surface area contributed by atoms with Crippen LogP contribution in [-0.2, 0) is 25.6 Å². The third kappa shape index (κ3) is 4.10. The highest BCUT2D eigenvalue weighted by Gasteiger charge is 2.64. The van der Waals surface area contributed by atoms with Crippen molar-refractivity contribution < 1.29 is 39.6 Å². The Bertz CT molecular complexity index is 1620. The highest BCUT2D eigenvalue weighted by Crippen LogP contribution is 2.55. The number of hydrogen-bond donors (Lipinski definition) is 5. The van der Waals surface area contributed by atoms with E-state index in [0.717, 1.165) is 4.88 Å². The minimum Gasteiger partial charge on any atom is -0.508 e. The Labute approximate surface area is 245 Å². The van der Waals surface area contributed by atoms with Gasteiger partial charge in [-0.15, -0.1) is 11.3 Å². The summed E-state index contributed by atoms with van der Waals surface area (Å²) in [7, 11) is 8.19. The second-order valence-corrected chi connectivity index (χ2v) is 12.2. The highest BCUT2D eigenvalue weighted by atomic mass is 32.1. The third-order valence-electron chi connectivity index (χ3n) is 8.36. The number of rotatable bonds is 6. The molecule has 1 aromatic heterocycles. The van der Waals surface area contributed by atoms with E-state index < -0.39 is 58.0 Å². The molecule has 3 aliphatic carbocycles. The zero-order valence-electron chi connectivity index (χ0n) is 23.7. The molecule has 0 saturated heterocycles. The van der Waals surface area contributed by atoms with Crippen LogP contribution in [0.15, 0.2) is 40.3 Å². The maximum Gasteiger partial charge on any atom is 0.255 e. The van der Waals surface area contributed by atoms with Crippen molar-refractivity contribution in [2.75, 3.05) is 40.2 Å². The molecule has 6 N–H and O–H groups in total. The first-order chi connectivity index (χ1) is 19.7. The van der Waals surface area contributed by atoms with E-state index in [-0.39, 0.29) is 29.7 Å². The number of benzene rings is 1. The van der Waals surface area contributed by atoms with Gasteiger partial charge in [0.1, 0.15) is 30.0 Å². The summed E-state index contributed by atoms with van der Waals surface area (Å²) in [4.78, 5) is 49.0. The minimum atomic E-state index is -2.69. The maximum absolute atomic E-state index is 14.1. The molecule has 0 bridgehead atoms. The van der Waals surface area contributed by atoms with Crippen molar-refractivity contribution >= 4 is 46.5 Å². The molecule has 0 spiro atoms. The van der Waals surface area contributed by atoms with Crippen molar-refractivity contribution in [1.29, 1.82) is 0 Å². The molecule has 1 saturated carbocycles. The topological polar surface area (TPSA) is 186 Å². The Balaban J connectivity index is 1.74. The van der Waals surface area contributed by atoms with Gasteiger partial charge in [-0.2, -0.15) is 0 Å². The second-order valence-electron chi connectivity index (χ2n) is 11.1. The van der Waals surface area contributed by atoms with E-state index in [1.54, 1.807) is 32.3 Å². The summed E-state index contributed by atoms with van der Waals surface area (Å²) in [6, 6.07) is 4.24. The van der Waals surface area contributed by atoms with E-state index >= 15 is 0 Å². The van der Waals surface area contributed by atoms with Crippen molar-refractivity contribution in [3.63, 3.8) is 0 Å². The molecule has 1 aromatic carbocycles. The average molecular weight is 597 g/mol. The zero-order chi connectivity index (χ0) is 30.8. The van der Waals surface area contributed by atoms with Gasteiger partial charge in [0, 0.05) is 46.6 Å². The summed E-state index contributed by atoms with van der Waals surface area (Å²) in [6.45, 7) is 0. The molecular formula is C29H32N4O8S. The highest BCUT2D eigenvalue weighted by molar-refractivity contribution is 7.17. The first-order valence-corrected chi connectivity index (χ1v) is 13.9. The summed E-state index contributed by atoms with van der Waals surface area (Å²) in [5.74, 6) is -6.82. The lowest BCUT2D eigenvalue weighted by atomic mass is 9.57. The number of primary amides is 1. The number of phenolic OH excluding ortho intramolecular Hbond substituents is 1. The predicted molar refractivity (Wildman–Crippen MR) is 156 cm³/mol. The van der Waals surface area contributed by atoms with Gasteiger partial charge in [-0.3, -0.25) is 19.3 Å². The lowest BCUT2D eigenvalue weighted by Gasteiger charge is -2.50. The number of Topliss-reactive ketones (excluding diaryl/α,β-unsaturated/α-hetero) is 2. The number of aromatic hydroxyl groups is 1. The van der Waals surface area contributed by atoms with Crippen LogP contribution in [0.1, 0.15) is 22.4 Å². The lowest BCUT2D eigenvalue weighted by Crippen LogP contribution is -2.65. The van der Waals surface area contributed by atoms with Gasteiger partial charge in [0.15, 0.2) is 11.4 Å². The van der Waals surface area contributed by atoms with Crippen molar-refractivity contribution in [1.82, 2.24) is 4.90 Å². The van der Waals surface area contributed by atoms with Crippen LogP contribution < -0.4 is 10.6 Å². The van der Waals surface area contributed by atoms with Crippen LogP contribution in [0.4, 0.5) is 5.69 Å². The van der Waals surface area contributed by atoms with Crippen LogP contribution in [0.3, 0.4) is 0 Å². The van der Waals surface area contributed by atoms with Crippen LogP contribution in [0, 0.1) is 11.8 Å². The zero-order valence-corrected chi connectivity index (χ0v) is 24.5. The molecule has 4 atom stereocenters. The van der Waals surface area contributed by atoms with E-state index in [1.165, 1.54) is 29.6 Å². The summed E-state index contributed by atoms with van der Waals surface area (Å²) < 4.78 is 0. The van der Waals surface area contributed by atoms with Gasteiger partial charge in [-0.25, -0.2) is 0 Å². The molecule has 4 unspecified atom stereocenters. The SMILES string of the molecule is CO/N=C/c1ccc(-c2cc(N(C)C)c3c(c2O)C(O)=C2C(=O)C4(O)C(O)=C(C(N)=O)C(=O)C(N(C)C)C4CC2C3)s1. The Hall–Kier alpha value is -4.20. The molecule has 12 nitrogen and oxygen atoms in total. The standard InChI is InChI=1S/C29H32N4O8S/c1-32(2)17-10-15(18-7-6-13(42-18)11-31-41-5)23(34)20-14(17)8-12-9-16-22(33(3)4)25(36)21(28(30)39)27(38)29(16,40)26(37)19(12)24(20)35/h6-7,10-12,16,22,34-35,38,40H,8-9H2,1-5H3,(H2,30,39)/b31-11+. The van der Waals surface area contributed by atoms with Crippen molar-refractivity contribution in [3.05, 3.63) is 51.1 Å². The molecule has 0 aliphatic heterocycles. The van der Waals surface area contributed by atoms with E-state index in [4.69, 9.17) is 10.6 Å². The molecule has 5 rings (SSSR count). The smallest absolute Gasteiger partial charge is 0.255 e. The largest absolute Gasteiger partial charge is 0.508 e. The molecular weight excluding hydrogens is 564 g/mol. The summed E-state index contributed by atoms with van der Waals surface area (Å²) in [5.41, 5.74) is 3.38. The number of amides is 1. The maximum atomic E-state index is 14.1. The quantitative estimate of drug-likeness (QED) is 0.187. The molecule has 3 aliphatic rings. The molecule has 42 heavy (non-hydrogen) atoms. The predicted octanol–water partition coefficient (Wildman–Crippen LogP) is 1.74. The molecule has 0 radical (unpaired) electrons. The Morgan fingerprint density at radius 2 is 1.88 bits per heavy atom. The number of phenols is 1. The second kappa shape index (κ2) is 10.3. The van der Waals surface area contributed by atoms with Gasteiger partial charge in [0.05, 0.1) is 17.8 Å². The molecule has 13 heteroatoms. The first kappa shape index (κ1) is 29.3. The molecule has 1 amide bonds. The number of nitrogens with zero attached hydrogens (tertiary/aromatic N) is 3. The first-order valence-electron chi connectivity index (χ1n) is 13.1. The summed E-state index contributed by atoms with van der Waals surface area (Å²) in [6.07, 6.45) is 1.74. The van der Waals surface area contributed by atoms with Crippen LogP contribution in [-0.4, -0.2) is 96.0 Å². The number of carbonyl (C=O) groups excluding carboxylic acids is 3. The molecule has 1 heterocycles. The number of carbonyl (C=O) groups is 3. The average Bonchev–Trinajstić information content (AvgIpc) is 3.37. The van der Waals surface area contributed by atoms with Gasteiger partial charge >= 0.3 is 0 Å². The van der Waals surface area contributed by atoms with Gasteiger partial charge in [0.2, 0.25) is 5.78 Å². The van der Waals surface area contributed by atoms with Crippen LogP contribution in [0.25, 0.3) is 16.2 Å². The third-order valence-corrected chi connectivity index (χ3v) is 9.41. The monoisotopic (exact) mass is 596 g/mol. The van der Waals surface area contributed by atoms with E-state index in [9.17, 15) is 34.8 Å². The number of oxime groups is 1. The normalized spacial score (nSPS) is 25.5. The number of aliphatic hydroxyl groups is 3. The lowest BCUT2D eigenvalue weighted by molar-refractivity contribution is -0.153. The van der Waals surface area contributed by atoms with Crippen LogP contribution in [0.5, 0.6) is 5.75 Å². The van der Waals surface area contributed by atoms with Gasteiger partial charge in [-0.1, -0.05) is 5.16 Å². The number of hydrogen-bond acceptors (Lipinski definition) is 12. The fourth-order valence-corrected chi connectivity index (χ4v) is 7.44. The number of nitrogens with two attached hydrogens (primary N) is 1. The Morgan fingerprint density at radius 1 is 1.19 bits per heavy atom. The Kier molecular flexibility index (Phi) is 7.16. The van der Waals surface area contributed by atoms with Gasteiger partial charge < -0.3 is 35.9 Å². The summed E-state index contributed by atoms with van der Waals surface area (Å²) in [5, 5.41) is 49.8. The number of aliphatic hydroxyl groups excluding tert-OH is 2. The number of anilines is 1. The van der Waals surface area contributed by atoms with Crippen molar-refractivity contribution in [3.8, 4) is 16.2 Å². The fraction of sp³-hybridized carbons (Fsp3) is 0.379. The molecule has 1 fully saturated rings. The number of thiophene rings is 1. The fourth-order valence-electron chi connectivity index (χ4n) is 6.55. The van der Waals surface area contributed by atoms with Gasteiger partial charge in [0.25, 0.3) is 5.91 Å². The number of fused-ring (bicyclic) bond motifs is 3. The van der Waals surface area contributed by atoms with Gasteiger partial charge in [-0.05, 0) is 56.6 Å². The number of likely N-dealkylation sites (N-methyl/N-ethyl adjacent to an activating group) is 1. The molecule has 2 aromatic rings. The van der Waals surface area contributed by atoms with E-state index in [0.29, 0.717) is 21.7 Å². The van der Waals surface area contributed by atoms with E-state index in [1.807, 2.05) is 19.0 Å².